The molecule has 1 aliphatic rings. The van der Waals surface area contributed by atoms with Crippen LogP contribution >= 0.6 is 0 Å². The fourth-order valence-corrected chi connectivity index (χ4v) is 3.12. The molecule has 2 aromatic rings. The Labute approximate surface area is 170 Å². The van der Waals surface area contributed by atoms with Gasteiger partial charge in [-0.3, -0.25) is 0 Å². The summed E-state index contributed by atoms with van der Waals surface area (Å²) in [5.74, 6) is -2.32. The highest BCUT2D eigenvalue weighted by atomic mass is 19.3. The summed E-state index contributed by atoms with van der Waals surface area (Å²) in [6.45, 7) is -0.323. The third-order valence-electron chi connectivity index (χ3n) is 4.58. The average molecular weight is 443 g/mol. The van der Waals surface area contributed by atoms with E-state index in [2.05, 4.69) is 10.0 Å². The lowest BCUT2D eigenvalue weighted by Gasteiger charge is -2.38. The lowest BCUT2D eigenvalue weighted by molar-refractivity contribution is -0.271. The third-order valence-corrected chi connectivity index (χ3v) is 4.58. The lowest BCUT2D eigenvalue weighted by Crippen LogP contribution is -2.61. The zero-order valence-electron chi connectivity index (χ0n) is 15.3. The summed E-state index contributed by atoms with van der Waals surface area (Å²) in [6, 6.07) is 3.21. The topological polar surface area (TPSA) is 195 Å². The number of benzene rings is 1. The first-order valence-electron chi connectivity index (χ1n) is 8.63. The molecule has 1 aliphatic heterocycles. The maximum Gasteiger partial charge on any atom is 0.336 e. The Morgan fingerprint density at radius 2 is 1.97 bits per heavy atom. The zero-order valence-corrected chi connectivity index (χ0v) is 15.3. The van der Waals surface area contributed by atoms with Gasteiger partial charge in [0.1, 0.15) is 29.6 Å². The molecule has 1 saturated heterocycles. The Hall–Kier alpha value is -3.29. The van der Waals surface area contributed by atoms with Gasteiger partial charge in [-0.1, -0.05) is 5.11 Å². The van der Waals surface area contributed by atoms with E-state index >= 15 is 0 Å². The second-order valence-corrected chi connectivity index (χ2v) is 6.49. The summed E-state index contributed by atoms with van der Waals surface area (Å²) < 4.78 is 42.7. The van der Waals surface area contributed by atoms with Crippen LogP contribution in [0.5, 0.6) is 5.75 Å². The molecule has 1 fully saturated rings. The quantitative estimate of drug-likeness (QED) is 0.216. The van der Waals surface area contributed by atoms with Crippen LogP contribution in [0.3, 0.4) is 0 Å². The largest absolute Gasteiger partial charge is 0.479 e. The number of nitrogens with zero attached hydrogens (tertiary/aromatic N) is 3. The normalized spacial score (nSPS) is 25.9. The van der Waals surface area contributed by atoms with Gasteiger partial charge in [0.2, 0.25) is 6.29 Å². The molecule has 0 spiro atoms. The van der Waals surface area contributed by atoms with Crippen LogP contribution in [-0.4, -0.2) is 57.1 Å². The number of aliphatic carboxylic acids is 1. The van der Waals surface area contributed by atoms with Crippen LogP contribution in [0.4, 0.5) is 8.78 Å². The molecule has 14 heteroatoms. The van der Waals surface area contributed by atoms with Crippen LogP contribution in [0.15, 0.2) is 32.5 Å². The van der Waals surface area contributed by atoms with Gasteiger partial charge in [-0.05, 0) is 23.2 Å². The molecule has 4 N–H and O–H groups in total. The van der Waals surface area contributed by atoms with E-state index in [1.165, 1.54) is 6.07 Å². The van der Waals surface area contributed by atoms with E-state index in [1.54, 1.807) is 0 Å². The standard InChI is InChI=1S/C17H15F2N3O9/c18-15(19)9-7(29-17-12(26)10(24)11(25)14(31-17)16(27)28)2-1-6-5(4-21-22-20)3-8(23)30-13(6)9/h1-3,10-12,14-15,17,24-26H,4H2,(H,27,28). The summed E-state index contributed by atoms with van der Waals surface area (Å²) in [6.07, 6.45) is -13.2. The van der Waals surface area contributed by atoms with Gasteiger partial charge in [0.25, 0.3) is 6.43 Å². The van der Waals surface area contributed by atoms with E-state index < -0.39 is 65.6 Å². The molecular weight excluding hydrogens is 428 g/mol. The van der Waals surface area contributed by atoms with Gasteiger partial charge in [-0.25, -0.2) is 18.4 Å². The van der Waals surface area contributed by atoms with Crippen molar-refractivity contribution in [1.29, 1.82) is 0 Å². The maximum absolute atomic E-state index is 13.9. The molecule has 0 saturated carbocycles. The number of fused-ring (bicyclic) bond motifs is 1. The third kappa shape index (κ3) is 4.28. The molecule has 5 unspecified atom stereocenters. The summed E-state index contributed by atoms with van der Waals surface area (Å²) in [7, 11) is 0. The number of halogens is 2. The number of aliphatic hydroxyl groups is 3. The molecule has 2 heterocycles. The van der Waals surface area contributed by atoms with E-state index in [-0.39, 0.29) is 17.5 Å². The van der Waals surface area contributed by atoms with Crippen molar-refractivity contribution in [2.75, 3.05) is 0 Å². The second-order valence-electron chi connectivity index (χ2n) is 6.49. The van der Waals surface area contributed by atoms with Crippen molar-refractivity contribution >= 4 is 16.9 Å². The number of carboxylic acids is 1. The van der Waals surface area contributed by atoms with Crippen molar-refractivity contribution in [3.63, 3.8) is 0 Å². The molecule has 5 atom stereocenters. The van der Waals surface area contributed by atoms with Crippen LogP contribution in [0.25, 0.3) is 21.4 Å². The highest BCUT2D eigenvalue weighted by Gasteiger charge is 2.48. The van der Waals surface area contributed by atoms with Crippen molar-refractivity contribution < 1.29 is 47.9 Å². The van der Waals surface area contributed by atoms with Crippen molar-refractivity contribution in [3.8, 4) is 5.75 Å². The number of ether oxygens (including phenoxy) is 2. The van der Waals surface area contributed by atoms with Gasteiger partial charge in [-0.2, -0.15) is 0 Å². The Morgan fingerprint density at radius 1 is 1.26 bits per heavy atom. The molecule has 1 aromatic carbocycles. The number of hydrogen-bond donors (Lipinski definition) is 4. The molecule has 0 bridgehead atoms. The van der Waals surface area contributed by atoms with Gasteiger partial charge in [0, 0.05) is 16.4 Å². The minimum absolute atomic E-state index is 0.0265. The SMILES string of the molecule is [N-]=[N+]=NCc1cc(=O)oc2c(C(F)F)c(OC3OC(C(=O)O)C(O)C(O)C3O)ccc12. The summed E-state index contributed by atoms with van der Waals surface area (Å²) in [5.41, 5.74) is 6.07. The average Bonchev–Trinajstić information content (AvgIpc) is 2.71. The fourth-order valence-electron chi connectivity index (χ4n) is 3.12. The minimum atomic E-state index is -3.26. The molecule has 3 rings (SSSR count). The Kier molecular flexibility index (Phi) is 6.38. The first-order chi connectivity index (χ1) is 14.6. The van der Waals surface area contributed by atoms with E-state index in [4.69, 9.17) is 24.5 Å². The molecule has 166 valence electrons. The molecule has 12 nitrogen and oxygen atoms in total. The number of carboxylic acid groups (broad SMARTS) is 1. The van der Waals surface area contributed by atoms with Crippen LogP contribution in [0, 0.1) is 0 Å². The highest BCUT2D eigenvalue weighted by molar-refractivity contribution is 5.85. The molecule has 31 heavy (non-hydrogen) atoms. The Morgan fingerprint density at radius 3 is 2.58 bits per heavy atom. The predicted molar refractivity (Wildman–Crippen MR) is 95.2 cm³/mol. The molecule has 0 aliphatic carbocycles. The zero-order chi connectivity index (χ0) is 22.9. The molecule has 1 aromatic heterocycles. The number of alkyl halides is 2. The molecule has 0 amide bonds. The Balaban J connectivity index is 2.08. The van der Waals surface area contributed by atoms with Crippen LogP contribution in [0.2, 0.25) is 0 Å². The van der Waals surface area contributed by atoms with Crippen molar-refractivity contribution in [3.05, 3.63) is 50.2 Å². The summed E-state index contributed by atoms with van der Waals surface area (Å²) in [5, 5.41) is 42.0. The summed E-state index contributed by atoms with van der Waals surface area (Å²) >= 11 is 0. The van der Waals surface area contributed by atoms with Crippen molar-refractivity contribution in [2.45, 2.75) is 43.7 Å². The van der Waals surface area contributed by atoms with Gasteiger partial charge in [0.05, 0.1) is 6.54 Å². The van der Waals surface area contributed by atoms with Crippen molar-refractivity contribution in [1.82, 2.24) is 0 Å². The lowest BCUT2D eigenvalue weighted by atomic mass is 9.99. The van der Waals surface area contributed by atoms with Crippen LogP contribution < -0.4 is 10.4 Å². The summed E-state index contributed by atoms with van der Waals surface area (Å²) in [4.78, 5) is 25.5. The van der Waals surface area contributed by atoms with E-state index in [0.29, 0.717) is 0 Å². The van der Waals surface area contributed by atoms with E-state index in [9.17, 15) is 33.7 Å². The van der Waals surface area contributed by atoms with Crippen molar-refractivity contribution in [2.24, 2.45) is 5.11 Å². The number of carbonyl (C=O) groups is 1. The second kappa shape index (κ2) is 8.83. The number of azide groups is 1. The molecule has 0 radical (unpaired) electrons. The monoisotopic (exact) mass is 443 g/mol. The van der Waals surface area contributed by atoms with Gasteiger partial charge < -0.3 is 34.3 Å². The van der Waals surface area contributed by atoms with Gasteiger partial charge in [0.15, 0.2) is 11.7 Å². The highest BCUT2D eigenvalue weighted by Crippen LogP contribution is 2.38. The van der Waals surface area contributed by atoms with Gasteiger partial charge >= 0.3 is 11.6 Å². The Bertz CT molecular complexity index is 1100. The first kappa shape index (κ1) is 22.4. The number of aliphatic hydroxyl groups excluding tert-OH is 3. The number of hydrogen-bond acceptors (Lipinski definition) is 9. The van der Waals surface area contributed by atoms with E-state index in [1.807, 2.05) is 0 Å². The molecular formula is C17H15F2N3O9. The maximum atomic E-state index is 13.9. The van der Waals surface area contributed by atoms with Crippen LogP contribution in [0.1, 0.15) is 17.6 Å². The predicted octanol–water partition coefficient (Wildman–Crippen LogP) is 0.812. The van der Waals surface area contributed by atoms with E-state index in [0.717, 1.165) is 12.1 Å². The number of rotatable bonds is 6. The minimum Gasteiger partial charge on any atom is -0.479 e. The van der Waals surface area contributed by atoms with Gasteiger partial charge in [-0.15, -0.1) is 0 Å². The first-order valence-corrected chi connectivity index (χ1v) is 8.63. The smallest absolute Gasteiger partial charge is 0.336 e. The van der Waals surface area contributed by atoms with Crippen LogP contribution in [-0.2, 0) is 16.1 Å². The fraction of sp³-hybridized carbons (Fsp3) is 0.412.